The summed E-state index contributed by atoms with van der Waals surface area (Å²) in [5.41, 5.74) is 0.816. The smallest absolute Gasteiger partial charge is 0.264 e. The molecule has 1 fully saturated rings. The van der Waals surface area contributed by atoms with Crippen LogP contribution in [-0.4, -0.2) is 31.8 Å². The van der Waals surface area contributed by atoms with E-state index in [1.165, 1.54) is 34.9 Å². The molecule has 0 spiro atoms. The van der Waals surface area contributed by atoms with Crippen molar-refractivity contribution in [2.45, 2.75) is 13.0 Å². The fraction of sp³-hybridized carbons (Fsp3) is 0.188. The van der Waals surface area contributed by atoms with E-state index in [0.29, 0.717) is 15.8 Å². The number of thiazole rings is 1. The number of hydrogen-bond acceptors (Lipinski definition) is 6. The van der Waals surface area contributed by atoms with Crippen LogP contribution in [0.2, 0.25) is 4.47 Å². The highest BCUT2D eigenvalue weighted by Crippen LogP contribution is 2.39. The van der Waals surface area contributed by atoms with E-state index in [1.54, 1.807) is 30.5 Å². The first kappa shape index (κ1) is 17.0. The molecule has 3 rings (SSSR count). The van der Waals surface area contributed by atoms with E-state index in [2.05, 4.69) is 4.98 Å². The van der Waals surface area contributed by atoms with E-state index >= 15 is 0 Å². The molecular weight excluding hydrogens is 366 g/mol. The summed E-state index contributed by atoms with van der Waals surface area (Å²) in [5, 5.41) is 18.4. The number of carbonyl (C=O) groups excluding carboxylic acids is 1. The summed E-state index contributed by atoms with van der Waals surface area (Å²) in [6.45, 7) is 1.48. The summed E-state index contributed by atoms with van der Waals surface area (Å²) in [6, 6.07) is 8.66. The third-order valence-electron chi connectivity index (χ3n) is 3.59. The Morgan fingerprint density at radius 3 is 2.71 bits per heavy atom. The van der Waals surface area contributed by atoms with Crippen LogP contribution >= 0.6 is 34.7 Å². The maximum absolute atomic E-state index is 13.1. The van der Waals surface area contributed by atoms with Crippen molar-refractivity contribution >= 4 is 51.3 Å². The lowest BCUT2D eigenvalue weighted by Gasteiger charge is -2.24. The van der Waals surface area contributed by atoms with Gasteiger partial charge in [-0.3, -0.25) is 15.1 Å². The highest BCUT2D eigenvalue weighted by Gasteiger charge is 2.38. The van der Waals surface area contributed by atoms with Gasteiger partial charge in [-0.15, -0.1) is 11.3 Å². The molecule has 0 saturated carbocycles. The van der Waals surface area contributed by atoms with Gasteiger partial charge in [-0.25, -0.2) is 4.98 Å². The van der Waals surface area contributed by atoms with Crippen LogP contribution in [0, 0.1) is 5.41 Å². The van der Waals surface area contributed by atoms with E-state index in [9.17, 15) is 9.90 Å². The van der Waals surface area contributed by atoms with Crippen LogP contribution < -0.4 is 0 Å². The molecule has 1 aliphatic rings. The lowest BCUT2D eigenvalue weighted by Crippen LogP contribution is -2.34. The van der Waals surface area contributed by atoms with Gasteiger partial charge in [-0.05, 0) is 12.5 Å². The van der Waals surface area contributed by atoms with Gasteiger partial charge in [0.1, 0.15) is 5.76 Å². The first-order chi connectivity index (χ1) is 11.5. The average Bonchev–Trinajstić information content (AvgIpc) is 3.13. The number of hydrogen-bond donors (Lipinski definition) is 2. The van der Waals surface area contributed by atoms with Crippen LogP contribution in [0.4, 0.5) is 0 Å². The second kappa shape index (κ2) is 6.96. The minimum Gasteiger partial charge on any atom is -0.512 e. The molecule has 1 unspecified atom stereocenters. The zero-order chi connectivity index (χ0) is 17.3. The summed E-state index contributed by atoms with van der Waals surface area (Å²) in [7, 11) is 0. The lowest BCUT2D eigenvalue weighted by molar-refractivity contribution is -0.122. The molecule has 124 valence electrons. The molecule has 1 aromatic heterocycles. The number of nitrogens with zero attached hydrogens (tertiary/aromatic N) is 2. The number of allylic oxidation sites excluding steroid dienone is 1. The predicted molar refractivity (Wildman–Crippen MR) is 98.6 cm³/mol. The fourth-order valence-electron chi connectivity index (χ4n) is 2.52. The highest BCUT2D eigenvalue weighted by molar-refractivity contribution is 8.14. The number of aromatic nitrogens is 1. The SMILES string of the molecule is C/C(O)=C(\C(=O)N1C(=N)SCC1c1cnc(Cl)s1)c1ccccc1. The molecule has 1 saturated heterocycles. The minimum atomic E-state index is -0.397. The second-order valence-corrected chi connectivity index (χ2v) is 7.80. The summed E-state index contributed by atoms with van der Waals surface area (Å²) < 4.78 is 0.401. The van der Waals surface area contributed by atoms with Crippen LogP contribution in [0.15, 0.2) is 42.3 Å². The molecule has 1 aliphatic heterocycles. The monoisotopic (exact) mass is 379 g/mol. The van der Waals surface area contributed by atoms with Crippen LogP contribution in [-0.2, 0) is 4.79 Å². The van der Waals surface area contributed by atoms with Crippen molar-refractivity contribution in [1.29, 1.82) is 5.41 Å². The third kappa shape index (κ3) is 3.19. The summed E-state index contributed by atoms with van der Waals surface area (Å²) >= 11 is 8.49. The Kier molecular flexibility index (Phi) is 4.93. The molecule has 1 aromatic carbocycles. The van der Waals surface area contributed by atoms with Gasteiger partial charge in [0.2, 0.25) is 0 Å². The quantitative estimate of drug-likeness (QED) is 0.614. The van der Waals surface area contributed by atoms with Gasteiger partial charge in [0.25, 0.3) is 5.91 Å². The van der Waals surface area contributed by atoms with Crippen LogP contribution in [0.25, 0.3) is 5.57 Å². The highest BCUT2D eigenvalue weighted by atomic mass is 35.5. The van der Waals surface area contributed by atoms with Gasteiger partial charge >= 0.3 is 0 Å². The van der Waals surface area contributed by atoms with Crippen molar-refractivity contribution in [3.05, 3.63) is 57.2 Å². The number of amidine groups is 1. The summed E-state index contributed by atoms with van der Waals surface area (Å²) in [5.74, 6) is 0.0954. The average molecular weight is 380 g/mol. The van der Waals surface area contributed by atoms with Crippen LogP contribution in [0.5, 0.6) is 0 Å². The van der Waals surface area contributed by atoms with Gasteiger partial charge in [-0.2, -0.15) is 0 Å². The van der Waals surface area contributed by atoms with Crippen molar-refractivity contribution in [3.8, 4) is 0 Å². The van der Waals surface area contributed by atoms with Gasteiger partial charge < -0.3 is 5.11 Å². The van der Waals surface area contributed by atoms with E-state index in [1.807, 2.05) is 6.07 Å². The Morgan fingerprint density at radius 2 is 2.12 bits per heavy atom. The normalized spacial score (nSPS) is 18.7. The standard InChI is InChI=1S/C16H14ClN3O2S2/c1-9(21)13(10-5-3-2-4-6-10)14(22)20-11(8-23-16(20)18)12-7-19-15(17)24-12/h2-7,11,18,21H,8H2,1H3/b13-9+,18-16?. The molecule has 2 heterocycles. The van der Waals surface area contributed by atoms with Crippen molar-refractivity contribution in [2.75, 3.05) is 5.75 Å². The molecule has 24 heavy (non-hydrogen) atoms. The second-order valence-electron chi connectivity index (χ2n) is 5.15. The predicted octanol–water partition coefficient (Wildman–Crippen LogP) is 4.34. The van der Waals surface area contributed by atoms with Gasteiger partial charge in [-0.1, -0.05) is 53.7 Å². The third-order valence-corrected chi connectivity index (χ3v) is 5.76. The number of carbonyl (C=O) groups is 1. The number of aliphatic hydroxyl groups excluding tert-OH is 1. The largest absolute Gasteiger partial charge is 0.512 e. The van der Waals surface area contributed by atoms with E-state index in [4.69, 9.17) is 17.0 Å². The number of amides is 1. The maximum Gasteiger partial charge on any atom is 0.264 e. The van der Waals surface area contributed by atoms with E-state index in [0.717, 1.165) is 4.88 Å². The molecule has 0 bridgehead atoms. The first-order valence-electron chi connectivity index (χ1n) is 7.10. The van der Waals surface area contributed by atoms with E-state index in [-0.39, 0.29) is 22.5 Å². The van der Waals surface area contributed by atoms with Gasteiger partial charge in [0, 0.05) is 16.8 Å². The number of aliphatic hydroxyl groups is 1. The molecular formula is C16H14ClN3O2S2. The number of thioether (sulfide) groups is 1. The maximum atomic E-state index is 13.1. The van der Waals surface area contributed by atoms with Crippen LogP contribution in [0.3, 0.4) is 0 Å². The number of halogens is 1. The van der Waals surface area contributed by atoms with Crippen LogP contribution in [0.1, 0.15) is 23.4 Å². The van der Waals surface area contributed by atoms with Gasteiger partial charge in [0.15, 0.2) is 9.63 Å². The molecule has 5 nitrogen and oxygen atoms in total. The van der Waals surface area contributed by atoms with E-state index < -0.39 is 5.91 Å². The molecule has 0 radical (unpaired) electrons. The summed E-state index contributed by atoms with van der Waals surface area (Å²) in [4.78, 5) is 19.3. The van der Waals surface area contributed by atoms with Crippen molar-refractivity contribution < 1.29 is 9.90 Å². The minimum absolute atomic E-state index is 0.0722. The van der Waals surface area contributed by atoms with Crippen molar-refractivity contribution in [3.63, 3.8) is 0 Å². The number of nitrogens with one attached hydrogen (secondary N) is 1. The number of rotatable bonds is 3. The Balaban J connectivity index is 2.00. The van der Waals surface area contributed by atoms with Crippen molar-refractivity contribution in [2.24, 2.45) is 0 Å². The molecule has 0 aliphatic carbocycles. The molecule has 1 atom stereocenters. The Labute approximate surface area is 152 Å². The topological polar surface area (TPSA) is 77.3 Å². The first-order valence-corrected chi connectivity index (χ1v) is 9.28. The Morgan fingerprint density at radius 1 is 1.42 bits per heavy atom. The molecule has 8 heteroatoms. The Bertz CT molecular complexity index is 816. The van der Waals surface area contributed by atoms with Gasteiger partial charge in [0.05, 0.1) is 11.6 Å². The molecule has 2 N–H and O–H groups in total. The lowest BCUT2D eigenvalue weighted by atomic mass is 10.0. The summed E-state index contributed by atoms with van der Waals surface area (Å²) in [6.07, 6.45) is 1.63. The molecule has 1 amide bonds. The van der Waals surface area contributed by atoms with Crippen molar-refractivity contribution in [1.82, 2.24) is 9.88 Å². The number of benzene rings is 1. The Hall–Kier alpha value is -1.83. The zero-order valence-electron chi connectivity index (χ0n) is 12.7. The molecule has 2 aromatic rings. The zero-order valence-corrected chi connectivity index (χ0v) is 15.1. The fourth-order valence-corrected chi connectivity index (χ4v) is 4.66.